The lowest BCUT2D eigenvalue weighted by molar-refractivity contribution is 0.0993. The van der Waals surface area contributed by atoms with Crippen LogP contribution in [0.4, 0.5) is 11.4 Å². The summed E-state index contributed by atoms with van der Waals surface area (Å²) in [6, 6.07) is 23.4. The first-order valence-corrected chi connectivity index (χ1v) is 9.09. The van der Waals surface area contributed by atoms with Crippen LogP contribution in [0.15, 0.2) is 72.8 Å². The number of anilines is 2. The van der Waals surface area contributed by atoms with Crippen molar-refractivity contribution in [3.05, 3.63) is 94.5 Å². The van der Waals surface area contributed by atoms with Gasteiger partial charge in [0, 0.05) is 27.5 Å². The Balaban J connectivity index is 1.79. The lowest BCUT2D eigenvalue weighted by Gasteiger charge is -2.28. The van der Waals surface area contributed by atoms with Crippen molar-refractivity contribution >= 4 is 28.9 Å². The normalized spacial score (nSPS) is 15.8. The number of hydrogen-bond acceptors (Lipinski definition) is 2. The van der Waals surface area contributed by atoms with Crippen LogP contribution in [0.5, 0.6) is 0 Å². The molecule has 0 unspecified atom stereocenters. The summed E-state index contributed by atoms with van der Waals surface area (Å²) in [5.74, 6) is -0.00518. The fraction of sp³-hybridized carbons (Fsp3) is 0.136. The van der Waals surface area contributed by atoms with Crippen LogP contribution in [-0.4, -0.2) is 5.91 Å². The minimum Gasteiger partial charge on any atom is -0.361 e. The van der Waals surface area contributed by atoms with Gasteiger partial charge in [-0.2, -0.15) is 0 Å². The molecule has 1 amide bonds. The molecule has 0 saturated heterocycles. The van der Waals surface area contributed by atoms with Crippen LogP contribution in [0.3, 0.4) is 0 Å². The number of para-hydroxylation sites is 1. The summed E-state index contributed by atoms with van der Waals surface area (Å²) in [7, 11) is 0. The minimum atomic E-state index is -0.257. The van der Waals surface area contributed by atoms with Crippen LogP contribution < -0.4 is 10.2 Å². The highest BCUT2D eigenvalue weighted by Gasteiger charge is 2.37. The zero-order valence-corrected chi connectivity index (χ0v) is 15.2. The van der Waals surface area contributed by atoms with Crippen molar-refractivity contribution in [1.29, 1.82) is 0 Å². The number of halogens is 1. The van der Waals surface area contributed by atoms with Gasteiger partial charge in [-0.15, -0.1) is 0 Å². The van der Waals surface area contributed by atoms with E-state index in [4.69, 9.17) is 11.6 Å². The third kappa shape index (κ3) is 2.85. The van der Waals surface area contributed by atoms with E-state index in [-0.39, 0.29) is 12.1 Å². The van der Waals surface area contributed by atoms with Gasteiger partial charge in [0.15, 0.2) is 0 Å². The van der Waals surface area contributed by atoms with Crippen molar-refractivity contribution in [2.24, 2.45) is 0 Å². The average Bonchev–Trinajstić information content (AvgIpc) is 2.95. The summed E-state index contributed by atoms with van der Waals surface area (Å²) in [4.78, 5) is 14.9. The standard InChI is InChI=1S/C22H19ClN2O/c1-2-15-7-3-6-10-20(15)24-21-18-8-4-5-9-19(18)22(26)25(21)17-13-11-16(23)12-14-17/h3-14,21,24H,2H2,1H3/t21-/m0/s1. The molecule has 0 fully saturated rings. The number of nitrogens with one attached hydrogen (secondary N) is 1. The van der Waals surface area contributed by atoms with Gasteiger partial charge < -0.3 is 5.32 Å². The second-order valence-corrected chi connectivity index (χ2v) is 6.73. The van der Waals surface area contributed by atoms with Gasteiger partial charge in [0.05, 0.1) is 0 Å². The van der Waals surface area contributed by atoms with E-state index >= 15 is 0 Å². The van der Waals surface area contributed by atoms with E-state index in [2.05, 4.69) is 24.4 Å². The van der Waals surface area contributed by atoms with Crippen molar-refractivity contribution in [2.45, 2.75) is 19.5 Å². The van der Waals surface area contributed by atoms with Crippen LogP contribution in [-0.2, 0) is 6.42 Å². The molecule has 26 heavy (non-hydrogen) atoms. The predicted octanol–water partition coefficient (Wildman–Crippen LogP) is 5.67. The molecule has 3 aromatic carbocycles. The molecule has 1 N–H and O–H groups in total. The lowest BCUT2D eigenvalue weighted by Crippen LogP contribution is -2.32. The first-order valence-electron chi connectivity index (χ1n) is 8.71. The molecule has 0 bridgehead atoms. The summed E-state index contributed by atoms with van der Waals surface area (Å²) in [5.41, 5.74) is 4.80. The van der Waals surface area contributed by atoms with Gasteiger partial charge in [-0.1, -0.05) is 54.9 Å². The summed E-state index contributed by atoms with van der Waals surface area (Å²) in [6.07, 6.45) is 0.666. The number of amides is 1. The zero-order chi connectivity index (χ0) is 18.1. The molecule has 0 radical (unpaired) electrons. The number of hydrogen-bond donors (Lipinski definition) is 1. The highest BCUT2D eigenvalue weighted by molar-refractivity contribution is 6.30. The fourth-order valence-electron chi connectivity index (χ4n) is 3.44. The molecule has 0 spiro atoms. The Morgan fingerprint density at radius 3 is 2.42 bits per heavy atom. The highest BCUT2D eigenvalue weighted by atomic mass is 35.5. The van der Waals surface area contributed by atoms with Crippen molar-refractivity contribution < 1.29 is 4.79 Å². The molecule has 0 aromatic heterocycles. The number of carbonyl (C=O) groups excluding carboxylic acids is 1. The Morgan fingerprint density at radius 2 is 1.65 bits per heavy atom. The Kier molecular flexibility index (Phi) is 4.39. The smallest absolute Gasteiger partial charge is 0.260 e. The van der Waals surface area contributed by atoms with Gasteiger partial charge in [-0.05, 0) is 48.4 Å². The van der Waals surface area contributed by atoms with Gasteiger partial charge in [-0.25, -0.2) is 0 Å². The Bertz CT molecular complexity index is 952. The second-order valence-electron chi connectivity index (χ2n) is 6.30. The molecule has 4 heteroatoms. The molecule has 0 saturated carbocycles. The van der Waals surface area contributed by atoms with Gasteiger partial charge in [0.25, 0.3) is 5.91 Å². The summed E-state index contributed by atoms with van der Waals surface area (Å²) >= 11 is 6.03. The van der Waals surface area contributed by atoms with E-state index in [1.165, 1.54) is 5.56 Å². The van der Waals surface area contributed by atoms with Crippen molar-refractivity contribution in [3.63, 3.8) is 0 Å². The number of fused-ring (bicyclic) bond motifs is 1. The van der Waals surface area contributed by atoms with Crippen LogP contribution in [0.1, 0.15) is 34.6 Å². The number of nitrogens with zero attached hydrogens (tertiary/aromatic N) is 1. The van der Waals surface area contributed by atoms with Crippen LogP contribution in [0.25, 0.3) is 0 Å². The molecule has 4 rings (SSSR count). The maximum atomic E-state index is 13.1. The van der Waals surface area contributed by atoms with E-state index in [9.17, 15) is 4.79 Å². The third-order valence-electron chi connectivity index (χ3n) is 4.76. The molecule has 0 aliphatic carbocycles. The second kappa shape index (κ2) is 6.85. The van der Waals surface area contributed by atoms with Crippen molar-refractivity contribution in [3.8, 4) is 0 Å². The molecule has 3 nitrogen and oxygen atoms in total. The zero-order valence-electron chi connectivity index (χ0n) is 14.4. The lowest BCUT2D eigenvalue weighted by atomic mass is 10.1. The Morgan fingerprint density at radius 1 is 0.962 bits per heavy atom. The predicted molar refractivity (Wildman–Crippen MR) is 107 cm³/mol. The van der Waals surface area contributed by atoms with E-state index < -0.39 is 0 Å². The van der Waals surface area contributed by atoms with Crippen molar-refractivity contribution in [2.75, 3.05) is 10.2 Å². The molecular formula is C22H19ClN2O. The third-order valence-corrected chi connectivity index (χ3v) is 5.01. The summed E-state index contributed by atoms with van der Waals surface area (Å²) < 4.78 is 0. The number of carbonyl (C=O) groups is 1. The fourth-order valence-corrected chi connectivity index (χ4v) is 3.57. The Hall–Kier alpha value is -2.78. The van der Waals surface area contributed by atoms with Crippen LogP contribution >= 0.6 is 11.6 Å². The van der Waals surface area contributed by atoms with Gasteiger partial charge in [-0.3, -0.25) is 9.69 Å². The number of rotatable bonds is 4. The Labute approximate surface area is 158 Å². The highest BCUT2D eigenvalue weighted by Crippen LogP contribution is 2.38. The van der Waals surface area contributed by atoms with Gasteiger partial charge in [0.2, 0.25) is 0 Å². The molecule has 3 aromatic rings. The molecular weight excluding hydrogens is 344 g/mol. The topological polar surface area (TPSA) is 32.3 Å². The summed E-state index contributed by atoms with van der Waals surface area (Å²) in [5, 5.41) is 4.23. The SMILES string of the molecule is CCc1ccccc1N[C@@H]1c2ccccc2C(=O)N1c1ccc(Cl)cc1. The van der Waals surface area contributed by atoms with E-state index in [0.717, 1.165) is 28.9 Å². The first-order chi connectivity index (χ1) is 12.7. The maximum absolute atomic E-state index is 13.1. The largest absolute Gasteiger partial charge is 0.361 e. The quantitative estimate of drug-likeness (QED) is 0.648. The van der Waals surface area contributed by atoms with E-state index in [1.54, 1.807) is 4.90 Å². The maximum Gasteiger partial charge on any atom is 0.260 e. The first kappa shape index (κ1) is 16.7. The number of aryl methyl sites for hydroxylation is 1. The van der Waals surface area contributed by atoms with Crippen molar-refractivity contribution in [1.82, 2.24) is 0 Å². The van der Waals surface area contributed by atoms with Gasteiger partial charge in [0.1, 0.15) is 6.17 Å². The van der Waals surface area contributed by atoms with Crippen LogP contribution in [0, 0.1) is 0 Å². The molecule has 1 aliphatic heterocycles. The summed E-state index contributed by atoms with van der Waals surface area (Å²) in [6.45, 7) is 2.13. The minimum absolute atomic E-state index is 0.00518. The van der Waals surface area contributed by atoms with Crippen LogP contribution in [0.2, 0.25) is 5.02 Å². The van der Waals surface area contributed by atoms with Gasteiger partial charge >= 0.3 is 0 Å². The monoisotopic (exact) mass is 362 g/mol. The average molecular weight is 363 g/mol. The molecule has 1 atom stereocenters. The van der Waals surface area contributed by atoms with E-state index in [0.29, 0.717) is 5.02 Å². The molecule has 130 valence electrons. The molecule has 1 heterocycles. The molecule has 1 aliphatic rings. The number of benzene rings is 3. The van der Waals surface area contributed by atoms with E-state index in [1.807, 2.05) is 60.7 Å².